The summed E-state index contributed by atoms with van der Waals surface area (Å²) in [5, 5.41) is 8.15. The fraction of sp³-hybridized carbons (Fsp3) is 0.448. The third-order valence-corrected chi connectivity index (χ3v) is 5.44. The summed E-state index contributed by atoms with van der Waals surface area (Å²) < 4.78 is 10.8. The first-order valence-corrected chi connectivity index (χ1v) is 12.8. The predicted molar refractivity (Wildman–Crippen MR) is 144 cm³/mol. The molecule has 206 valence electrons. The van der Waals surface area contributed by atoms with Crippen LogP contribution in [0.3, 0.4) is 0 Å². The van der Waals surface area contributed by atoms with E-state index in [1.165, 1.54) is 0 Å². The second-order valence-corrected chi connectivity index (χ2v) is 10.2. The molecule has 2 atom stereocenters. The highest BCUT2D eigenvalue weighted by Gasteiger charge is 2.32. The van der Waals surface area contributed by atoms with Crippen LogP contribution in [-0.4, -0.2) is 48.9 Å². The first-order valence-electron chi connectivity index (χ1n) is 12.8. The Morgan fingerprint density at radius 2 is 1.34 bits per heavy atom. The lowest BCUT2D eigenvalue weighted by atomic mass is 9.88. The zero-order valence-corrected chi connectivity index (χ0v) is 22.6. The van der Waals surface area contributed by atoms with Gasteiger partial charge in [0.25, 0.3) is 0 Å². The number of hydrogen-bond acceptors (Lipinski definition) is 7. The van der Waals surface area contributed by atoms with Crippen molar-refractivity contribution in [2.45, 2.75) is 65.8 Å². The fourth-order valence-corrected chi connectivity index (χ4v) is 3.56. The van der Waals surface area contributed by atoms with Crippen LogP contribution in [0.25, 0.3) is 0 Å². The lowest BCUT2D eigenvalue weighted by Crippen LogP contribution is -2.54. The molecule has 9 heteroatoms. The van der Waals surface area contributed by atoms with Gasteiger partial charge in [0.2, 0.25) is 11.8 Å². The molecule has 9 nitrogen and oxygen atoms in total. The summed E-state index contributed by atoms with van der Waals surface area (Å²) in [6.07, 6.45) is -0.0965. The van der Waals surface area contributed by atoms with Crippen molar-refractivity contribution in [2.24, 2.45) is 5.41 Å². The van der Waals surface area contributed by atoms with Crippen molar-refractivity contribution in [1.82, 2.24) is 16.0 Å². The van der Waals surface area contributed by atoms with E-state index in [9.17, 15) is 19.2 Å². The van der Waals surface area contributed by atoms with Gasteiger partial charge in [0, 0.05) is 0 Å². The Morgan fingerprint density at radius 1 is 0.789 bits per heavy atom. The van der Waals surface area contributed by atoms with E-state index in [2.05, 4.69) is 16.0 Å². The minimum Gasteiger partial charge on any atom is -0.461 e. The van der Waals surface area contributed by atoms with E-state index < -0.39 is 42.3 Å². The van der Waals surface area contributed by atoms with Crippen LogP contribution in [0.15, 0.2) is 60.7 Å². The molecule has 0 aliphatic carbocycles. The number of hydrogen-bond donors (Lipinski definition) is 3. The van der Waals surface area contributed by atoms with Crippen LogP contribution in [0, 0.1) is 5.41 Å². The molecule has 0 bridgehead atoms. The average molecular weight is 526 g/mol. The Kier molecular flexibility index (Phi) is 12.5. The van der Waals surface area contributed by atoms with Crippen molar-refractivity contribution in [3.63, 3.8) is 0 Å². The monoisotopic (exact) mass is 525 g/mol. The van der Waals surface area contributed by atoms with E-state index in [-0.39, 0.29) is 25.2 Å². The molecule has 0 aliphatic rings. The second kappa shape index (κ2) is 15.5. The van der Waals surface area contributed by atoms with Crippen LogP contribution in [0.1, 0.15) is 51.7 Å². The van der Waals surface area contributed by atoms with E-state index >= 15 is 0 Å². The summed E-state index contributed by atoms with van der Waals surface area (Å²) in [5.74, 6) is -2.38. The van der Waals surface area contributed by atoms with E-state index in [1.807, 2.05) is 88.4 Å². The van der Waals surface area contributed by atoms with Gasteiger partial charge in [0.1, 0.15) is 25.3 Å². The maximum absolute atomic E-state index is 13.3. The Balaban J connectivity index is 2.10. The van der Waals surface area contributed by atoms with Gasteiger partial charge in [-0.3, -0.25) is 14.4 Å². The minimum absolute atomic E-state index is 0.0239. The van der Waals surface area contributed by atoms with E-state index in [1.54, 1.807) is 0 Å². The van der Waals surface area contributed by atoms with Gasteiger partial charge in [-0.2, -0.15) is 0 Å². The molecule has 0 spiro atoms. The van der Waals surface area contributed by atoms with Crippen molar-refractivity contribution < 1.29 is 28.7 Å². The fourth-order valence-electron chi connectivity index (χ4n) is 3.56. The zero-order valence-electron chi connectivity index (χ0n) is 22.6. The molecule has 0 saturated heterocycles. The van der Waals surface area contributed by atoms with Crippen molar-refractivity contribution in [3.8, 4) is 0 Å². The Hall–Kier alpha value is -3.72. The minimum atomic E-state index is -1.23. The van der Waals surface area contributed by atoms with Crippen LogP contribution in [0.5, 0.6) is 0 Å². The lowest BCUT2D eigenvalue weighted by molar-refractivity contribution is -0.150. The van der Waals surface area contributed by atoms with Gasteiger partial charge in [-0.1, -0.05) is 88.4 Å². The number of ether oxygens (including phenoxy) is 2. The molecular weight excluding hydrogens is 486 g/mol. The molecule has 2 aromatic carbocycles. The van der Waals surface area contributed by atoms with E-state index in [0.717, 1.165) is 11.1 Å². The first-order chi connectivity index (χ1) is 18.1. The van der Waals surface area contributed by atoms with E-state index in [0.29, 0.717) is 13.0 Å². The highest BCUT2D eigenvalue weighted by molar-refractivity contribution is 5.93. The van der Waals surface area contributed by atoms with Crippen molar-refractivity contribution >= 4 is 23.8 Å². The third-order valence-electron chi connectivity index (χ3n) is 5.44. The number of amides is 2. The summed E-state index contributed by atoms with van der Waals surface area (Å²) in [4.78, 5) is 51.2. The molecule has 0 aromatic heterocycles. The zero-order chi connectivity index (χ0) is 28.0. The Labute approximate surface area is 224 Å². The van der Waals surface area contributed by atoms with Crippen LogP contribution >= 0.6 is 0 Å². The van der Waals surface area contributed by atoms with Gasteiger partial charge in [-0.15, -0.1) is 0 Å². The van der Waals surface area contributed by atoms with Crippen molar-refractivity contribution in [2.75, 3.05) is 13.1 Å². The number of rotatable bonds is 14. The summed E-state index contributed by atoms with van der Waals surface area (Å²) >= 11 is 0. The number of benzene rings is 2. The summed E-state index contributed by atoms with van der Waals surface area (Å²) in [6, 6.07) is 16.1. The molecule has 3 N–H and O–H groups in total. The maximum atomic E-state index is 13.3. The molecule has 38 heavy (non-hydrogen) atoms. The third kappa shape index (κ3) is 12.0. The standard InChI is InChI=1S/C29H39N3O6/c1-5-30-18-25(33)31-23(16-26(34)37-19-21-12-8-6-9-13-21)27(35)32-24(17-29(2,3)4)28(36)38-20-22-14-10-7-11-15-22/h6-15,23-24,30H,5,16-20H2,1-4H3,(H,31,33)(H,32,35)/t23-,24-/m0/s1. The highest BCUT2D eigenvalue weighted by Crippen LogP contribution is 2.22. The summed E-state index contributed by atoms with van der Waals surface area (Å²) in [7, 11) is 0. The van der Waals surface area contributed by atoms with Gasteiger partial charge < -0.3 is 25.4 Å². The maximum Gasteiger partial charge on any atom is 0.328 e. The largest absolute Gasteiger partial charge is 0.461 e. The van der Waals surface area contributed by atoms with Crippen LogP contribution in [-0.2, 0) is 41.9 Å². The second-order valence-electron chi connectivity index (χ2n) is 10.2. The molecule has 0 unspecified atom stereocenters. The average Bonchev–Trinajstić information content (AvgIpc) is 2.89. The number of esters is 2. The van der Waals surface area contributed by atoms with Gasteiger partial charge in [0.15, 0.2) is 0 Å². The molecule has 2 rings (SSSR count). The normalized spacial score (nSPS) is 12.6. The lowest BCUT2D eigenvalue weighted by Gasteiger charge is -2.27. The van der Waals surface area contributed by atoms with Crippen LogP contribution in [0.4, 0.5) is 0 Å². The number of likely N-dealkylation sites (N-methyl/N-ethyl adjacent to an activating group) is 1. The molecular formula is C29H39N3O6. The molecule has 2 amide bonds. The quantitative estimate of drug-likeness (QED) is 0.324. The van der Waals surface area contributed by atoms with Crippen LogP contribution < -0.4 is 16.0 Å². The molecule has 0 saturated carbocycles. The topological polar surface area (TPSA) is 123 Å². The van der Waals surface area contributed by atoms with Crippen molar-refractivity contribution in [3.05, 3.63) is 71.8 Å². The van der Waals surface area contributed by atoms with Gasteiger partial charge >= 0.3 is 11.9 Å². The molecule has 0 aliphatic heterocycles. The number of carbonyl (C=O) groups is 4. The smallest absolute Gasteiger partial charge is 0.328 e. The highest BCUT2D eigenvalue weighted by atomic mass is 16.5. The number of nitrogens with one attached hydrogen (secondary N) is 3. The van der Waals surface area contributed by atoms with Crippen molar-refractivity contribution in [1.29, 1.82) is 0 Å². The summed E-state index contributed by atoms with van der Waals surface area (Å²) in [5.41, 5.74) is 1.29. The predicted octanol–water partition coefficient (Wildman–Crippen LogP) is 2.88. The molecule has 0 heterocycles. The molecule has 0 radical (unpaired) electrons. The van der Waals surface area contributed by atoms with Gasteiger partial charge in [0.05, 0.1) is 13.0 Å². The van der Waals surface area contributed by atoms with Crippen LogP contribution in [0.2, 0.25) is 0 Å². The molecule has 2 aromatic rings. The Morgan fingerprint density at radius 3 is 1.87 bits per heavy atom. The van der Waals surface area contributed by atoms with E-state index in [4.69, 9.17) is 9.47 Å². The first kappa shape index (κ1) is 30.5. The van der Waals surface area contributed by atoms with Gasteiger partial charge in [-0.05, 0) is 29.5 Å². The Bertz CT molecular complexity index is 1040. The SMILES string of the molecule is CCNCC(=O)N[C@@H](CC(=O)OCc1ccccc1)C(=O)N[C@@H](CC(C)(C)C)C(=O)OCc1ccccc1. The molecule has 0 fully saturated rings. The van der Waals surface area contributed by atoms with Gasteiger partial charge in [-0.25, -0.2) is 4.79 Å². The number of carbonyl (C=O) groups excluding carboxylic acids is 4. The summed E-state index contributed by atoms with van der Waals surface area (Å²) in [6.45, 7) is 8.29.